The Labute approximate surface area is 225 Å². The molecule has 0 aliphatic carbocycles. The maximum atomic E-state index is 13.0. The van der Waals surface area contributed by atoms with Gasteiger partial charge in [0.05, 0.1) is 31.4 Å². The SMILES string of the molecule is CCO[C@@H]1OC(C(=O)NCCNc2ccc([N+](=O)[O-])cn2)=C[C@H](c2ccsc2)[C@@H]1CCOCCOCCO. The molecule has 12 nitrogen and oxygen atoms in total. The summed E-state index contributed by atoms with van der Waals surface area (Å²) < 4.78 is 22.9. The van der Waals surface area contributed by atoms with Gasteiger partial charge in [-0.25, -0.2) is 4.98 Å². The van der Waals surface area contributed by atoms with E-state index in [9.17, 15) is 14.9 Å². The van der Waals surface area contributed by atoms with Gasteiger partial charge in [-0.2, -0.15) is 11.3 Å². The van der Waals surface area contributed by atoms with Gasteiger partial charge in [0.25, 0.3) is 11.6 Å². The number of aliphatic hydroxyl groups excluding tert-OH is 1. The lowest BCUT2D eigenvalue weighted by Gasteiger charge is -2.36. The van der Waals surface area contributed by atoms with Gasteiger partial charge in [-0.15, -0.1) is 0 Å². The third kappa shape index (κ3) is 9.03. The van der Waals surface area contributed by atoms with Crippen LogP contribution in [0.25, 0.3) is 0 Å². The molecular formula is C25H34N4O8S. The number of rotatable bonds is 17. The number of aliphatic hydroxyl groups is 1. The van der Waals surface area contributed by atoms with Crippen molar-refractivity contribution in [3.8, 4) is 0 Å². The van der Waals surface area contributed by atoms with E-state index >= 15 is 0 Å². The Hall–Kier alpha value is -3.10. The Morgan fingerprint density at radius 2 is 2.03 bits per heavy atom. The van der Waals surface area contributed by atoms with Crippen LogP contribution in [0, 0.1) is 16.0 Å². The van der Waals surface area contributed by atoms with Crippen molar-refractivity contribution < 1.29 is 33.8 Å². The van der Waals surface area contributed by atoms with Crippen LogP contribution in [0.4, 0.5) is 11.5 Å². The van der Waals surface area contributed by atoms with Crippen molar-refractivity contribution in [3.05, 3.63) is 62.7 Å². The van der Waals surface area contributed by atoms with Crippen molar-refractivity contribution in [1.82, 2.24) is 10.3 Å². The maximum Gasteiger partial charge on any atom is 0.287 e. The number of amides is 1. The summed E-state index contributed by atoms with van der Waals surface area (Å²) in [5.74, 6) is 0.155. The van der Waals surface area contributed by atoms with Crippen LogP contribution in [0.15, 0.2) is 47.0 Å². The van der Waals surface area contributed by atoms with Crippen molar-refractivity contribution >= 4 is 28.7 Å². The number of pyridine rings is 1. The zero-order valence-electron chi connectivity index (χ0n) is 21.2. The Kier molecular flexibility index (Phi) is 12.4. The Balaban J connectivity index is 1.57. The number of nitrogens with one attached hydrogen (secondary N) is 2. The van der Waals surface area contributed by atoms with Gasteiger partial charge >= 0.3 is 0 Å². The molecule has 208 valence electrons. The molecule has 1 aliphatic rings. The molecule has 0 fully saturated rings. The van der Waals surface area contributed by atoms with E-state index in [1.165, 1.54) is 18.3 Å². The van der Waals surface area contributed by atoms with E-state index in [4.69, 9.17) is 24.1 Å². The molecule has 1 amide bonds. The smallest absolute Gasteiger partial charge is 0.287 e. The lowest BCUT2D eigenvalue weighted by molar-refractivity contribution is -0.385. The summed E-state index contributed by atoms with van der Waals surface area (Å²) in [5.41, 5.74) is 0.988. The number of anilines is 1. The molecule has 2 aromatic rings. The summed E-state index contributed by atoms with van der Waals surface area (Å²) in [6.45, 7) is 4.52. The van der Waals surface area contributed by atoms with Gasteiger partial charge in [0.1, 0.15) is 12.0 Å². The van der Waals surface area contributed by atoms with E-state index in [0.717, 1.165) is 5.56 Å². The van der Waals surface area contributed by atoms with Gasteiger partial charge < -0.3 is 34.7 Å². The molecule has 0 saturated heterocycles. The van der Waals surface area contributed by atoms with Crippen molar-refractivity contribution in [1.29, 1.82) is 0 Å². The average Bonchev–Trinajstić information content (AvgIpc) is 3.46. The summed E-state index contributed by atoms with van der Waals surface area (Å²) >= 11 is 1.59. The van der Waals surface area contributed by atoms with Gasteiger partial charge in [-0.1, -0.05) is 0 Å². The highest BCUT2D eigenvalue weighted by atomic mass is 32.1. The first-order valence-electron chi connectivity index (χ1n) is 12.4. The second kappa shape index (κ2) is 16.0. The van der Waals surface area contributed by atoms with Crippen LogP contribution in [0.2, 0.25) is 0 Å². The topological polar surface area (TPSA) is 154 Å². The van der Waals surface area contributed by atoms with Crippen molar-refractivity contribution in [2.75, 3.05) is 58.0 Å². The van der Waals surface area contributed by atoms with Crippen LogP contribution in [0.1, 0.15) is 24.8 Å². The van der Waals surface area contributed by atoms with Crippen LogP contribution >= 0.6 is 11.3 Å². The number of nitrogens with zero attached hydrogens (tertiary/aromatic N) is 2. The Morgan fingerprint density at radius 3 is 2.68 bits per heavy atom. The van der Waals surface area contributed by atoms with E-state index in [-0.39, 0.29) is 48.9 Å². The number of carbonyl (C=O) groups excluding carboxylic acids is 1. The lowest BCUT2D eigenvalue weighted by atomic mass is 9.82. The third-order valence-corrected chi connectivity index (χ3v) is 6.45. The van der Waals surface area contributed by atoms with Gasteiger partial charge in [-0.3, -0.25) is 14.9 Å². The fraction of sp³-hybridized carbons (Fsp3) is 0.520. The molecule has 1 aliphatic heterocycles. The maximum absolute atomic E-state index is 13.0. The number of hydrogen-bond acceptors (Lipinski definition) is 11. The molecule has 13 heteroatoms. The molecule has 3 heterocycles. The number of hydrogen-bond donors (Lipinski definition) is 3. The van der Waals surface area contributed by atoms with Crippen molar-refractivity contribution in [3.63, 3.8) is 0 Å². The number of allylic oxidation sites excluding steroid dienone is 1. The predicted molar refractivity (Wildman–Crippen MR) is 141 cm³/mol. The molecule has 0 spiro atoms. The summed E-state index contributed by atoms with van der Waals surface area (Å²) in [7, 11) is 0. The van der Waals surface area contributed by atoms with Crippen molar-refractivity contribution in [2.24, 2.45) is 5.92 Å². The number of nitro groups is 1. The first kappa shape index (κ1) is 29.5. The molecule has 2 aromatic heterocycles. The van der Waals surface area contributed by atoms with Crippen LogP contribution in [-0.4, -0.2) is 79.9 Å². The number of thiophene rings is 1. The average molecular weight is 551 g/mol. The minimum absolute atomic E-state index is 0.0203. The van der Waals surface area contributed by atoms with Crippen LogP contribution in [0.5, 0.6) is 0 Å². The largest absolute Gasteiger partial charge is 0.459 e. The van der Waals surface area contributed by atoms with Gasteiger partial charge in [-0.05, 0) is 47.9 Å². The third-order valence-electron chi connectivity index (χ3n) is 5.75. The lowest BCUT2D eigenvalue weighted by Crippen LogP contribution is -2.40. The number of carbonyl (C=O) groups is 1. The zero-order chi connectivity index (χ0) is 27.2. The fourth-order valence-corrected chi connectivity index (χ4v) is 4.65. The molecule has 0 bridgehead atoms. The molecule has 3 atom stereocenters. The zero-order valence-corrected chi connectivity index (χ0v) is 22.1. The quantitative estimate of drug-likeness (QED) is 0.152. The standard InChI is InChI=1S/C25H34N4O8S/c1-2-36-25-20(5-10-34-12-13-35-11-9-30)21(18-6-14-38-17-18)15-22(37-25)24(31)27-8-7-26-23-4-3-19(16-28-23)29(32)33/h3-4,6,14-17,20-21,25,30H,2,5,7-13H2,1H3,(H,26,28)(H,27,31)/t20-,21+,25+/m0/s1. The van der Waals surface area contributed by atoms with Gasteiger partial charge in [0.15, 0.2) is 5.76 Å². The van der Waals surface area contributed by atoms with E-state index < -0.39 is 11.2 Å². The molecule has 3 N–H and O–H groups in total. The minimum Gasteiger partial charge on any atom is -0.459 e. The highest BCUT2D eigenvalue weighted by Gasteiger charge is 2.38. The summed E-state index contributed by atoms with van der Waals surface area (Å²) in [6.07, 6.45) is 3.05. The minimum atomic E-state index is -0.618. The fourth-order valence-electron chi connectivity index (χ4n) is 3.94. The summed E-state index contributed by atoms with van der Waals surface area (Å²) in [4.78, 5) is 27.2. The van der Waals surface area contributed by atoms with Crippen molar-refractivity contribution in [2.45, 2.75) is 25.6 Å². The summed E-state index contributed by atoms with van der Waals surface area (Å²) in [6, 6.07) is 4.91. The normalized spacial score (nSPS) is 18.9. The molecule has 3 rings (SSSR count). The number of ether oxygens (including phenoxy) is 4. The molecule has 0 saturated carbocycles. The molecule has 38 heavy (non-hydrogen) atoms. The van der Waals surface area contributed by atoms with Crippen LogP contribution in [-0.2, 0) is 23.7 Å². The molecule has 0 radical (unpaired) electrons. The monoisotopic (exact) mass is 550 g/mol. The Morgan fingerprint density at radius 1 is 1.21 bits per heavy atom. The molecule has 0 unspecified atom stereocenters. The van der Waals surface area contributed by atoms with Gasteiger partial charge in [0.2, 0.25) is 6.29 Å². The van der Waals surface area contributed by atoms with Crippen LogP contribution < -0.4 is 10.6 Å². The highest BCUT2D eigenvalue weighted by Crippen LogP contribution is 2.39. The van der Waals surface area contributed by atoms with E-state index in [1.54, 1.807) is 11.3 Å². The van der Waals surface area contributed by atoms with Crippen LogP contribution in [0.3, 0.4) is 0 Å². The first-order valence-corrected chi connectivity index (χ1v) is 13.4. The van der Waals surface area contributed by atoms with E-state index in [0.29, 0.717) is 45.2 Å². The molecule has 0 aromatic carbocycles. The summed E-state index contributed by atoms with van der Waals surface area (Å²) in [5, 5.41) is 29.4. The second-order valence-corrected chi connectivity index (χ2v) is 9.08. The first-order chi connectivity index (χ1) is 18.5. The molecular weight excluding hydrogens is 516 g/mol. The Bertz CT molecular complexity index is 1020. The van der Waals surface area contributed by atoms with E-state index in [1.807, 2.05) is 24.4 Å². The second-order valence-electron chi connectivity index (χ2n) is 8.30. The number of aromatic nitrogens is 1. The highest BCUT2D eigenvalue weighted by molar-refractivity contribution is 7.08. The predicted octanol–water partition coefficient (Wildman–Crippen LogP) is 2.67. The van der Waals surface area contributed by atoms with E-state index in [2.05, 4.69) is 21.0 Å². The van der Waals surface area contributed by atoms with Gasteiger partial charge in [0, 0.05) is 44.2 Å².